The second-order valence-corrected chi connectivity index (χ2v) is 8.62. The molecule has 0 radical (unpaired) electrons. The van der Waals surface area contributed by atoms with E-state index in [1.807, 2.05) is 19.4 Å². The summed E-state index contributed by atoms with van der Waals surface area (Å²) in [6, 6.07) is 0. The second-order valence-electron chi connectivity index (χ2n) is 8.62. The lowest BCUT2D eigenvalue weighted by molar-refractivity contribution is -0.126. The van der Waals surface area contributed by atoms with E-state index in [2.05, 4.69) is 36.5 Å². The Bertz CT molecular complexity index is 592. The van der Waals surface area contributed by atoms with E-state index in [9.17, 15) is 4.79 Å². The van der Waals surface area contributed by atoms with Crippen LogP contribution in [-0.2, 0) is 16.6 Å². The quantitative estimate of drug-likeness (QED) is 0.869. The number of hydrogen-bond donors (Lipinski definition) is 2. The van der Waals surface area contributed by atoms with Crippen LogP contribution in [0.15, 0.2) is 12.4 Å². The maximum Gasteiger partial charge on any atom is 0.225 e. The Kier molecular flexibility index (Phi) is 5.49. The van der Waals surface area contributed by atoms with Crippen LogP contribution in [0.3, 0.4) is 0 Å². The van der Waals surface area contributed by atoms with Gasteiger partial charge in [-0.15, -0.1) is 0 Å². The van der Waals surface area contributed by atoms with Crippen LogP contribution in [0.2, 0.25) is 0 Å². The Morgan fingerprint density at radius 3 is 2.92 bits per heavy atom. The molecule has 0 saturated carbocycles. The largest absolute Gasteiger partial charge is 0.377 e. The van der Waals surface area contributed by atoms with Crippen LogP contribution in [-0.4, -0.2) is 48.0 Å². The average Bonchev–Trinajstić information content (AvgIpc) is 3.20. The van der Waals surface area contributed by atoms with Gasteiger partial charge in [-0.25, -0.2) is 0 Å². The van der Waals surface area contributed by atoms with Crippen molar-refractivity contribution in [1.82, 2.24) is 20.4 Å². The van der Waals surface area contributed by atoms with E-state index in [0.29, 0.717) is 12.5 Å². The number of hydrogen-bond acceptors (Lipinski definition) is 4. The van der Waals surface area contributed by atoms with Gasteiger partial charge in [-0.3, -0.25) is 9.48 Å². The lowest BCUT2D eigenvalue weighted by atomic mass is 9.78. The molecule has 1 aromatic heterocycles. The van der Waals surface area contributed by atoms with Gasteiger partial charge >= 0.3 is 0 Å². The van der Waals surface area contributed by atoms with Gasteiger partial charge in [-0.1, -0.05) is 20.8 Å². The molecule has 2 aliphatic rings. The molecular formula is C19H32N4O2. The summed E-state index contributed by atoms with van der Waals surface area (Å²) >= 11 is 0. The first-order valence-electron chi connectivity index (χ1n) is 9.45. The number of rotatable bonds is 4. The summed E-state index contributed by atoms with van der Waals surface area (Å²) in [5, 5.41) is 10.8. The van der Waals surface area contributed by atoms with Crippen molar-refractivity contribution in [3.8, 4) is 0 Å². The SMILES string of the molecule is Cn1cc([C@H]2CNC[C@@H]2C(=O)NCC2CCCOC2C(C)(C)C)cn1. The highest BCUT2D eigenvalue weighted by atomic mass is 16.5. The molecule has 1 aromatic rings. The number of aromatic nitrogens is 2. The third kappa shape index (κ3) is 4.23. The van der Waals surface area contributed by atoms with Gasteiger partial charge in [0.2, 0.25) is 5.91 Å². The first-order chi connectivity index (χ1) is 11.9. The molecule has 25 heavy (non-hydrogen) atoms. The first kappa shape index (κ1) is 18.4. The predicted octanol–water partition coefficient (Wildman–Crippen LogP) is 1.68. The van der Waals surface area contributed by atoms with Gasteiger partial charge in [-0.2, -0.15) is 5.10 Å². The summed E-state index contributed by atoms with van der Waals surface area (Å²) < 4.78 is 7.83. The molecule has 1 amide bonds. The molecule has 6 heteroatoms. The van der Waals surface area contributed by atoms with Gasteiger partial charge in [0.05, 0.1) is 18.2 Å². The number of nitrogens with zero attached hydrogens (tertiary/aromatic N) is 2. The van der Waals surface area contributed by atoms with Crippen molar-refractivity contribution in [1.29, 1.82) is 0 Å². The highest BCUT2D eigenvalue weighted by Gasteiger charge is 2.38. The number of carbonyl (C=O) groups excluding carboxylic acids is 1. The van der Waals surface area contributed by atoms with Gasteiger partial charge in [0.1, 0.15) is 0 Å². The van der Waals surface area contributed by atoms with Gasteiger partial charge in [0.15, 0.2) is 0 Å². The normalized spacial score (nSPS) is 30.4. The van der Waals surface area contributed by atoms with E-state index in [4.69, 9.17) is 4.74 Å². The Morgan fingerprint density at radius 1 is 1.44 bits per heavy atom. The minimum atomic E-state index is -0.0261. The smallest absolute Gasteiger partial charge is 0.225 e. The molecule has 2 N–H and O–H groups in total. The maximum absolute atomic E-state index is 12.8. The van der Waals surface area contributed by atoms with Crippen LogP contribution < -0.4 is 10.6 Å². The van der Waals surface area contributed by atoms with E-state index in [1.54, 1.807) is 4.68 Å². The van der Waals surface area contributed by atoms with Crippen LogP contribution in [0.25, 0.3) is 0 Å². The molecule has 0 spiro atoms. The molecule has 3 rings (SSSR count). The van der Waals surface area contributed by atoms with Crippen LogP contribution >= 0.6 is 0 Å². The van der Waals surface area contributed by atoms with E-state index >= 15 is 0 Å². The number of carbonyl (C=O) groups is 1. The second kappa shape index (κ2) is 7.46. The molecule has 2 aliphatic heterocycles. The maximum atomic E-state index is 12.8. The molecule has 140 valence electrons. The zero-order chi connectivity index (χ0) is 18.0. The van der Waals surface area contributed by atoms with E-state index in [0.717, 1.165) is 38.1 Å². The van der Waals surface area contributed by atoms with Crippen molar-refractivity contribution >= 4 is 5.91 Å². The van der Waals surface area contributed by atoms with Crippen molar-refractivity contribution in [3.05, 3.63) is 18.0 Å². The highest BCUT2D eigenvalue weighted by molar-refractivity contribution is 5.80. The number of aryl methyl sites for hydroxylation is 1. The van der Waals surface area contributed by atoms with Crippen molar-refractivity contribution in [3.63, 3.8) is 0 Å². The fraction of sp³-hybridized carbons (Fsp3) is 0.789. The Morgan fingerprint density at radius 2 is 2.24 bits per heavy atom. The Hall–Kier alpha value is -1.40. The van der Waals surface area contributed by atoms with Crippen molar-refractivity contribution in [2.24, 2.45) is 24.3 Å². The van der Waals surface area contributed by atoms with Gasteiger partial charge < -0.3 is 15.4 Å². The molecular weight excluding hydrogens is 316 g/mol. The standard InChI is InChI=1S/C19H32N4O2/c1-19(2,3)17-13(6-5-7-25-17)8-21-18(24)16-11-20-10-15(16)14-9-22-23(4)12-14/h9,12-13,15-17,20H,5-8,10-11H2,1-4H3,(H,21,24)/t13?,15-,16+,17?/m1/s1. The lowest BCUT2D eigenvalue weighted by Crippen LogP contribution is -2.46. The molecule has 2 fully saturated rings. The Labute approximate surface area is 150 Å². The Balaban J connectivity index is 1.59. The molecule has 3 heterocycles. The fourth-order valence-corrected chi connectivity index (χ4v) is 4.31. The van der Waals surface area contributed by atoms with Crippen LogP contribution in [0.4, 0.5) is 0 Å². The zero-order valence-electron chi connectivity index (χ0n) is 15.9. The molecule has 0 aliphatic carbocycles. The summed E-state index contributed by atoms with van der Waals surface area (Å²) in [6.07, 6.45) is 6.30. The predicted molar refractivity (Wildman–Crippen MR) is 97.2 cm³/mol. The number of nitrogens with one attached hydrogen (secondary N) is 2. The number of ether oxygens (including phenoxy) is 1. The topological polar surface area (TPSA) is 68.2 Å². The van der Waals surface area contributed by atoms with Crippen molar-refractivity contribution in [2.45, 2.75) is 45.6 Å². The molecule has 0 aromatic carbocycles. The van der Waals surface area contributed by atoms with Crippen LogP contribution in [0.5, 0.6) is 0 Å². The third-order valence-electron chi connectivity index (χ3n) is 5.54. The van der Waals surface area contributed by atoms with Gasteiger partial charge in [-0.05, 0) is 23.8 Å². The minimum Gasteiger partial charge on any atom is -0.377 e. The van der Waals surface area contributed by atoms with Gasteiger partial charge in [0, 0.05) is 51.3 Å². The molecule has 2 saturated heterocycles. The van der Waals surface area contributed by atoms with E-state index < -0.39 is 0 Å². The summed E-state index contributed by atoms with van der Waals surface area (Å²) in [5.41, 5.74) is 1.24. The summed E-state index contributed by atoms with van der Waals surface area (Å²) in [6.45, 7) is 9.76. The third-order valence-corrected chi connectivity index (χ3v) is 5.54. The molecule has 2 unspecified atom stereocenters. The number of amides is 1. The highest BCUT2D eigenvalue weighted by Crippen LogP contribution is 2.34. The summed E-state index contributed by atoms with van der Waals surface area (Å²) in [7, 11) is 1.91. The van der Waals surface area contributed by atoms with Crippen LogP contribution in [0, 0.1) is 17.3 Å². The molecule has 4 atom stereocenters. The summed E-state index contributed by atoms with van der Waals surface area (Å²) in [4.78, 5) is 12.8. The van der Waals surface area contributed by atoms with E-state index in [-0.39, 0.29) is 29.3 Å². The van der Waals surface area contributed by atoms with Crippen LogP contribution in [0.1, 0.15) is 45.1 Å². The van der Waals surface area contributed by atoms with Gasteiger partial charge in [0.25, 0.3) is 0 Å². The summed E-state index contributed by atoms with van der Waals surface area (Å²) in [5.74, 6) is 0.720. The fourth-order valence-electron chi connectivity index (χ4n) is 4.31. The zero-order valence-corrected chi connectivity index (χ0v) is 15.9. The van der Waals surface area contributed by atoms with Crippen molar-refractivity contribution in [2.75, 3.05) is 26.2 Å². The van der Waals surface area contributed by atoms with Crippen molar-refractivity contribution < 1.29 is 9.53 Å². The average molecular weight is 348 g/mol. The van der Waals surface area contributed by atoms with E-state index in [1.165, 1.54) is 0 Å². The lowest BCUT2D eigenvalue weighted by Gasteiger charge is -2.40. The molecule has 6 nitrogen and oxygen atoms in total. The monoisotopic (exact) mass is 348 g/mol. The minimum absolute atomic E-state index is 0.0261. The first-order valence-corrected chi connectivity index (χ1v) is 9.45. The molecule has 0 bridgehead atoms.